The highest BCUT2D eigenvalue weighted by Gasteiger charge is 2.59. The molecule has 7 heteroatoms. The first kappa shape index (κ1) is 19.4. The largest absolute Gasteiger partial charge is 0.352 e. The molecule has 1 amide bonds. The number of benzene rings is 1. The second-order valence-corrected chi connectivity index (χ2v) is 12.5. The minimum atomic E-state index is -3.27. The van der Waals surface area contributed by atoms with Crippen LogP contribution in [0.2, 0.25) is 0 Å². The van der Waals surface area contributed by atoms with Crippen LogP contribution in [0.3, 0.4) is 0 Å². The molecule has 2 atom stereocenters. The molecule has 4 bridgehead atoms. The molecule has 4 aliphatic rings. The van der Waals surface area contributed by atoms with Gasteiger partial charge in [-0.25, -0.2) is 13.1 Å². The molecular weight excluding hydrogens is 428 g/mol. The fourth-order valence-electron chi connectivity index (χ4n) is 5.83. The van der Waals surface area contributed by atoms with Gasteiger partial charge in [0.1, 0.15) is 0 Å². The molecule has 5 rings (SSSR count). The Morgan fingerprint density at radius 3 is 2.26 bits per heavy atom. The lowest BCUT2D eigenvalue weighted by molar-refractivity contribution is -0.144. The summed E-state index contributed by atoms with van der Waals surface area (Å²) in [4.78, 5) is 13.1. The molecule has 0 saturated heterocycles. The second kappa shape index (κ2) is 6.85. The van der Waals surface area contributed by atoms with E-state index in [1.165, 1.54) is 26.3 Å². The summed E-state index contributed by atoms with van der Waals surface area (Å²) in [5, 5.41) is 3.16. The highest BCUT2D eigenvalue weighted by Crippen LogP contribution is 2.64. The highest BCUT2D eigenvalue weighted by molar-refractivity contribution is 9.10. The normalized spacial score (nSPS) is 34.6. The Bertz CT molecular complexity index is 823. The highest BCUT2D eigenvalue weighted by atomic mass is 79.9. The fourth-order valence-corrected chi connectivity index (χ4v) is 8.06. The van der Waals surface area contributed by atoms with Gasteiger partial charge in [0.2, 0.25) is 15.9 Å². The molecule has 4 fully saturated rings. The first-order valence-corrected chi connectivity index (χ1v) is 12.1. The van der Waals surface area contributed by atoms with E-state index < -0.39 is 10.0 Å². The van der Waals surface area contributed by atoms with Gasteiger partial charge in [0.05, 0.1) is 11.2 Å². The number of amides is 1. The van der Waals surface area contributed by atoms with Crippen molar-refractivity contribution >= 4 is 31.9 Å². The Labute approximate surface area is 169 Å². The molecule has 0 aromatic heterocycles. The summed E-state index contributed by atoms with van der Waals surface area (Å²) in [6.07, 6.45) is 6.75. The third-order valence-electron chi connectivity index (χ3n) is 6.62. The second-order valence-electron chi connectivity index (χ2n) is 8.85. The van der Waals surface area contributed by atoms with E-state index in [0.717, 1.165) is 30.4 Å². The molecule has 0 aliphatic heterocycles. The number of halogens is 1. The molecule has 4 aliphatic carbocycles. The molecular formula is C20H27BrN2O3S. The Balaban J connectivity index is 1.38. The molecule has 5 nitrogen and oxygen atoms in total. The van der Waals surface area contributed by atoms with E-state index in [1.54, 1.807) is 0 Å². The summed E-state index contributed by atoms with van der Waals surface area (Å²) in [5.41, 5.74) is 1.53. The number of sulfonamides is 1. The molecule has 2 unspecified atom stereocenters. The van der Waals surface area contributed by atoms with Crippen molar-refractivity contribution in [3.05, 3.63) is 35.4 Å². The minimum absolute atomic E-state index is 0.0324. The van der Waals surface area contributed by atoms with Crippen LogP contribution >= 0.6 is 15.9 Å². The number of hydrogen-bond donors (Lipinski definition) is 2. The Kier molecular flexibility index (Phi) is 4.92. The van der Waals surface area contributed by atoms with Crippen molar-refractivity contribution in [3.63, 3.8) is 0 Å². The molecule has 1 aromatic rings. The van der Waals surface area contributed by atoms with Crippen molar-refractivity contribution < 1.29 is 13.2 Å². The monoisotopic (exact) mass is 454 g/mol. The van der Waals surface area contributed by atoms with Crippen LogP contribution in [0.25, 0.3) is 0 Å². The van der Waals surface area contributed by atoms with Crippen LogP contribution < -0.4 is 10.0 Å². The van der Waals surface area contributed by atoms with Gasteiger partial charge in [0.15, 0.2) is 0 Å². The Hall–Kier alpha value is -0.920. The molecule has 0 spiro atoms. The molecule has 1 aromatic carbocycles. The van der Waals surface area contributed by atoms with Gasteiger partial charge in [-0.1, -0.05) is 40.2 Å². The van der Waals surface area contributed by atoms with Crippen LogP contribution in [0.15, 0.2) is 24.3 Å². The zero-order chi connectivity index (χ0) is 19.3. The average molecular weight is 455 g/mol. The van der Waals surface area contributed by atoms with E-state index in [0.29, 0.717) is 18.4 Å². The van der Waals surface area contributed by atoms with Crippen LogP contribution in [0.1, 0.15) is 49.7 Å². The third kappa shape index (κ3) is 3.96. The third-order valence-corrected chi connectivity index (χ3v) is 8.88. The van der Waals surface area contributed by atoms with Gasteiger partial charge in [-0.15, -0.1) is 0 Å². The maximum atomic E-state index is 13.1. The summed E-state index contributed by atoms with van der Waals surface area (Å²) >= 11 is 3.96. The number of carbonyl (C=O) groups excluding carboxylic acids is 1. The lowest BCUT2D eigenvalue weighted by Crippen LogP contribution is -2.58. The van der Waals surface area contributed by atoms with E-state index in [9.17, 15) is 13.2 Å². The fraction of sp³-hybridized carbons (Fsp3) is 0.650. The first-order valence-electron chi connectivity index (χ1n) is 9.67. The summed E-state index contributed by atoms with van der Waals surface area (Å²) in [6.45, 7) is 0.490. The molecule has 2 N–H and O–H groups in total. The summed E-state index contributed by atoms with van der Waals surface area (Å²) < 4.78 is 25.8. The van der Waals surface area contributed by atoms with Crippen LogP contribution in [0.5, 0.6) is 0 Å². The molecule has 4 saturated carbocycles. The zero-order valence-corrected chi connectivity index (χ0v) is 18.0. The topological polar surface area (TPSA) is 75.3 Å². The van der Waals surface area contributed by atoms with E-state index in [2.05, 4.69) is 26.0 Å². The van der Waals surface area contributed by atoms with Crippen molar-refractivity contribution in [2.75, 3.05) is 7.05 Å². The summed E-state index contributed by atoms with van der Waals surface area (Å²) in [6, 6.07) is 7.42. The SMILES string of the molecule is CNS(=O)(=O)Cc1ccc(CNC(=O)C23CC4CC(CC(Br)(C4)C2)C3)cc1. The maximum absolute atomic E-state index is 13.1. The van der Waals surface area contributed by atoms with Crippen LogP contribution in [-0.4, -0.2) is 25.7 Å². The minimum Gasteiger partial charge on any atom is -0.352 e. The predicted molar refractivity (Wildman–Crippen MR) is 109 cm³/mol. The first-order chi connectivity index (χ1) is 12.7. The Morgan fingerprint density at radius 2 is 1.70 bits per heavy atom. The molecule has 148 valence electrons. The van der Waals surface area contributed by atoms with Crippen molar-refractivity contribution in [2.24, 2.45) is 17.3 Å². The number of rotatable bonds is 6. The van der Waals surface area contributed by atoms with E-state index in [4.69, 9.17) is 0 Å². The quantitative estimate of drug-likeness (QED) is 0.648. The zero-order valence-electron chi connectivity index (χ0n) is 15.6. The number of alkyl halides is 1. The van der Waals surface area contributed by atoms with Gasteiger partial charge in [0.25, 0.3) is 0 Å². The van der Waals surface area contributed by atoms with E-state index in [-0.39, 0.29) is 21.4 Å². The lowest BCUT2D eigenvalue weighted by atomic mass is 9.49. The van der Waals surface area contributed by atoms with Crippen LogP contribution in [-0.2, 0) is 27.1 Å². The molecule has 0 heterocycles. The average Bonchev–Trinajstić information content (AvgIpc) is 2.58. The van der Waals surface area contributed by atoms with E-state index >= 15 is 0 Å². The van der Waals surface area contributed by atoms with Gasteiger partial charge >= 0.3 is 0 Å². The van der Waals surface area contributed by atoms with Crippen molar-refractivity contribution in [2.45, 2.75) is 55.1 Å². The van der Waals surface area contributed by atoms with Gasteiger partial charge in [-0.3, -0.25) is 4.79 Å². The smallest absolute Gasteiger partial charge is 0.226 e. The molecule has 27 heavy (non-hydrogen) atoms. The van der Waals surface area contributed by atoms with Crippen LogP contribution in [0, 0.1) is 17.3 Å². The molecule has 0 radical (unpaired) electrons. The number of nitrogens with one attached hydrogen (secondary N) is 2. The van der Waals surface area contributed by atoms with Gasteiger partial charge in [0, 0.05) is 10.9 Å². The van der Waals surface area contributed by atoms with Crippen molar-refractivity contribution in [1.29, 1.82) is 0 Å². The van der Waals surface area contributed by atoms with Crippen LogP contribution in [0.4, 0.5) is 0 Å². The van der Waals surface area contributed by atoms with Gasteiger partial charge < -0.3 is 5.32 Å². The van der Waals surface area contributed by atoms with E-state index in [1.807, 2.05) is 24.3 Å². The number of hydrogen-bond acceptors (Lipinski definition) is 3. The summed E-state index contributed by atoms with van der Waals surface area (Å²) in [5.74, 6) is 1.53. The van der Waals surface area contributed by atoms with Crippen molar-refractivity contribution in [1.82, 2.24) is 10.0 Å². The Morgan fingerprint density at radius 1 is 1.11 bits per heavy atom. The summed E-state index contributed by atoms with van der Waals surface area (Å²) in [7, 11) is -1.85. The number of carbonyl (C=O) groups is 1. The van der Waals surface area contributed by atoms with Crippen molar-refractivity contribution in [3.8, 4) is 0 Å². The predicted octanol–water partition coefficient (Wildman–Crippen LogP) is 3.09. The van der Waals surface area contributed by atoms with Gasteiger partial charge in [-0.05, 0) is 68.5 Å². The van der Waals surface area contributed by atoms with Gasteiger partial charge in [-0.2, -0.15) is 0 Å². The lowest BCUT2D eigenvalue weighted by Gasteiger charge is -2.59. The maximum Gasteiger partial charge on any atom is 0.226 e. The standard InChI is InChI=1S/C20H27BrN2O3S/c1-22-27(25,26)12-15-4-2-14(3-5-15)11-23-18(24)19-7-16-6-17(8-19)10-20(21,9-16)13-19/h2-5,16-17,22H,6-13H2,1H3,(H,23,24).